The maximum atomic E-state index is 12.6. The van der Waals surface area contributed by atoms with Crippen LogP contribution in [0.4, 0.5) is 18.9 Å². The number of piperidine rings is 1. The quantitative estimate of drug-likeness (QED) is 0.851. The van der Waals surface area contributed by atoms with Gasteiger partial charge < -0.3 is 5.73 Å². The molecule has 1 fully saturated rings. The molecule has 8 heteroatoms. The van der Waals surface area contributed by atoms with Crippen LogP contribution >= 0.6 is 0 Å². The van der Waals surface area contributed by atoms with Crippen molar-refractivity contribution in [1.29, 1.82) is 0 Å². The van der Waals surface area contributed by atoms with Gasteiger partial charge in [-0.1, -0.05) is 6.07 Å². The number of anilines is 1. The molecule has 4 nitrogen and oxygen atoms in total. The van der Waals surface area contributed by atoms with E-state index in [1.54, 1.807) is 13.0 Å². The second kappa shape index (κ2) is 5.49. The Morgan fingerprint density at radius 2 is 1.81 bits per heavy atom. The number of nitrogens with two attached hydrogens (primary N) is 1. The molecule has 1 aliphatic rings. The van der Waals surface area contributed by atoms with Gasteiger partial charge in [-0.05, 0) is 37.5 Å². The fourth-order valence-electron chi connectivity index (χ4n) is 2.47. The van der Waals surface area contributed by atoms with E-state index in [9.17, 15) is 21.6 Å². The lowest BCUT2D eigenvalue weighted by Gasteiger charge is -2.32. The molecule has 1 saturated heterocycles. The highest BCUT2D eigenvalue weighted by Gasteiger charge is 2.43. The van der Waals surface area contributed by atoms with Crippen molar-refractivity contribution in [2.45, 2.75) is 30.8 Å². The minimum Gasteiger partial charge on any atom is -0.398 e. The van der Waals surface area contributed by atoms with Gasteiger partial charge in [-0.3, -0.25) is 0 Å². The van der Waals surface area contributed by atoms with E-state index in [1.807, 2.05) is 0 Å². The van der Waals surface area contributed by atoms with Gasteiger partial charge >= 0.3 is 6.18 Å². The Balaban J connectivity index is 2.21. The average Bonchev–Trinajstić information content (AvgIpc) is 2.41. The summed E-state index contributed by atoms with van der Waals surface area (Å²) in [4.78, 5) is 0.0629. The third kappa shape index (κ3) is 3.16. The second-order valence-corrected chi connectivity index (χ2v) is 7.10. The van der Waals surface area contributed by atoms with E-state index < -0.39 is 22.1 Å². The first-order valence-corrected chi connectivity index (χ1v) is 8.00. The molecule has 0 spiro atoms. The third-order valence-electron chi connectivity index (χ3n) is 3.86. The zero-order valence-corrected chi connectivity index (χ0v) is 12.3. The van der Waals surface area contributed by atoms with E-state index in [0.717, 1.165) is 4.31 Å². The van der Waals surface area contributed by atoms with Gasteiger partial charge in [0.2, 0.25) is 10.0 Å². The van der Waals surface area contributed by atoms with E-state index in [0.29, 0.717) is 11.3 Å². The zero-order chi connectivity index (χ0) is 15.8. The predicted octanol–water partition coefficient (Wildman–Crippen LogP) is 2.54. The number of sulfonamides is 1. The summed E-state index contributed by atoms with van der Waals surface area (Å²) in [6.07, 6.45) is -4.67. The number of hydrogen-bond acceptors (Lipinski definition) is 3. The van der Waals surface area contributed by atoms with Crippen LogP contribution in [0, 0.1) is 12.8 Å². The number of nitrogens with zero attached hydrogens (tertiary/aromatic N) is 1. The number of rotatable bonds is 2. The fourth-order valence-corrected chi connectivity index (χ4v) is 4.20. The summed E-state index contributed by atoms with van der Waals surface area (Å²) in [5, 5.41) is 0. The topological polar surface area (TPSA) is 63.4 Å². The molecule has 0 saturated carbocycles. The number of benzene rings is 1. The first kappa shape index (κ1) is 16.1. The van der Waals surface area contributed by atoms with Crippen molar-refractivity contribution >= 4 is 15.7 Å². The van der Waals surface area contributed by atoms with E-state index >= 15 is 0 Å². The number of hydrogen-bond donors (Lipinski definition) is 1. The summed E-state index contributed by atoms with van der Waals surface area (Å²) in [5.74, 6) is -1.43. The Morgan fingerprint density at radius 1 is 1.24 bits per heavy atom. The molecule has 1 aromatic carbocycles. The van der Waals surface area contributed by atoms with Crippen molar-refractivity contribution in [3.63, 3.8) is 0 Å². The van der Waals surface area contributed by atoms with E-state index in [2.05, 4.69) is 0 Å². The van der Waals surface area contributed by atoms with Crippen LogP contribution < -0.4 is 5.73 Å². The standard InChI is InChI=1S/C13H17F3N2O2S/c1-9-11(17)3-2-4-12(9)21(19,20)18-7-5-10(6-8-18)13(14,15)16/h2-4,10H,5-8,17H2,1H3. The molecule has 0 bridgehead atoms. The highest BCUT2D eigenvalue weighted by Crippen LogP contribution is 2.36. The summed E-state index contributed by atoms with van der Waals surface area (Å²) < 4.78 is 64.0. The third-order valence-corrected chi connectivity index (χ3v) is 5.90. The number of nitrogen functional groups attached to an aromatic ring is 1. The molecule has 2 rings (SSSR count). The summed E-state index contributed by atoms with van der Waals surface area (Å²) in [6, 6.07) is 4.54. The molecule has 1 heterocycles. The Bertz CT molecular complexity index is 621. The van der Waals surface area contributed by atoms with Crippen LogP contribution in [0.1, 0.15) is 18.4 Å². The zero-order valence-electron chi connectivity index (χ0n) is 11.5. The highest BCUT2D eigenvalue weighted by atomic mass is 32.2. The molecule has 0 unspecified atom stereocenters. The smallest absolute Gasteiger partial charge is 0.391 e. The molecule has 0 amide bonds. The van der Waals surface area contributed by atoms with Crippen LogP contribution in [0.25, 0.3) is 0 Å². The molecule has 0 radical (unpaired) electrons. The molecule has 0 aliphatic carbocycles. The first-order valence-electron chi connectivity index (χ1n) is 6.56. The molecule has 0 aromatic heterocycles. The van der Waals surface area contributed by atoms with Crippen LogP contribution in [-0.2, 0) is 10.0 Å². The molecular weight excluding hydrogens is 305 g/mol. The van der Waals surface area contributed by atoms with Crippen LogP contribution in [0.3, 0.4) is 0 Å². The van der Waals surface area contributed by atoms with Crippen molar-refractivity contribution in [1.82, 2.24) is 4.31 Å². The molecule has 2 N–H and O–H groups in total. The molecule has 1 aromatic rings. The maximum Gasteiger partial charge on any atom is 0.391 e. The van der Waals surface area contributed by atoms with Crippen LogP contribution in [0.15, 0.2) is 23.1 Å². The number of alkyl halides is 3. The van der Waals surface area contributed by atoms with Gasteiger partial charge in [-0.25, -0.2) is 8.42 Å². The summed E-state index contributed by atoms with van der Waals surface area (Å²) in [7, 11) is -3.80. The molecular formula is C13H17F3N2O2S. The Labute approximate surface area is 121 Å². The Kier molecular flexibility index (Phi) is 4.21. The van der Waals surface area contributed by atoms with Crippen LogP contribution in [0.2, 0.25) is 0 Å². The fraction of sp³-hybridized carbons (Fsp3) is 0.538. The Hall–Kier alpha value is -1.28. The highest BCUT2D eigenvalue weighted by molar-refractivity contribution is 7.89. The van der Waals surface area contributed by atoms with Crippen molar-refractivity contribution in [2.24, 2.45) is 5.92 Å². The van der Waals surface area contributed by atoms with Gasteiger partial charge in [0.15, 0.2) is 0 Å². The van der Waals surface area contributed by atoms with Crippen molar-refractivity contribution in [3.8, 4) is 0 Å². The van der Waals surface area contributed by atoms with Gasteiger partial charge in [0.05, 0.1) is 10.8 Å². The lowest BCUT2D eigenvalue weighted by atomic mass is 9.98. The van der Waals surface area contributed by atoms with Crippen molar-refractivity contribution in [2.75, 3.05) is 18.8 Å². The minimum absolute atomic E-state index is 0.0629. The molecule has 1 aliphatic heterocycles. The summed E-state index contributed by atoms with van der Waals surface area (Å²) in [6.45, 7) is 1.34. The predicted molar refractivity (Wildman–Crippen MR) is 73.1 cm³/mol. The molecule has 0 atom stereocenters. The van der Waals surface area contributed by atoms with Crippen LogP contribution in [0.5, 0.6) is 0 Å². The monoisotopic (exact) mass is 322 g/mol. The Morgan fingerprint density at radius 3 is 2.33 bits per heavy atom. The van der Waals surface area contributed by atoms with Gasteiger partial charge in [-0.15, -0.1) is 0 Å². The lowest BCUT2D eigenvalue weighted by Crippen LogP contribution is -2.42. The van der Waals surface area contributed by atoms with Gasteiger partial charge in [0, 0.05) is 18.8 Å². The van der Waals surface area contributed by atoms with Crippen molar-refractivity contribution in [3.05, 3.63) is 23.8 Å². The largest absolute Gasteiger partial charge is 0.398 e. The molecule has 21 heavy (non-hydrogen) atoms. The second-order valence-electron chi connectivity index (χ2n) is 5.19. The van der Waals surface area contributed by atoms with E-state index in [-0.39, 0.29) is 30.8 Å². The van der Waals surface area contributed by atoms with E-state index in [4.69, 9.17) is 5.73 Å². The maximum absolute atomic E-state index is 12.6. The number of halogens is 3. The van der Waals surface area contributed by atoms with Crippen LogP contribution in [-0.4, -0.2) is 32.0 Å². The average molecular weight is 322 g/mol. The van der Waals surface area contributed by atoms with Gasteiger partial charge in [0.1, 0.15) is 0 Å². The minimum atomic E-state index is -4.26. The van der Waals surface area contributed by atoms with Crippen molar-refractivity contribution < 1.29 is 21.6 Å². The van der Waals surface area contributed by atoms with Gasteiger partial charge in [0.25, 0.3) is 0 Å². The lowest BCUT2D eigenvalue weighted by molar-refractivity contribution is -0.182. The summed E-state index contributed by atoms with van der Waals surface area (Å²) >= 11 is 0. The SMILES string of the molecule is Cc1c(N)cccc1S(=O)(=O)N1CCC(C(F)(F)F)CC1. The van der Waals surface area contributed by atoms with Gasteiger partial charge in [-0.2, -0.15) is 17.5 Å². The van der Waals surface area contributed by atoms with E-state index in [1.165, 1.54) is 12.1 Å². The summed E-state index contributed by atoms with van der Waals surface area (Å²) in [5.41, 5.74) is 6.47. The first-order chi connectivity index (χ1) is 9.64. The molecule has 118 valence electrons. The normalized spacial score (nSPS) is 18.9.